The maximum absolute atomic E-state index is 13.6. The van der Waals surface area contributed by atoms with Gasteiger partial charge < -0.3 is 5.32 Å². The summed E-state index contributed by atoms with van der Waals surface area (Å²) in [7, 11) is 0. The predicted octanol–water partition coefficient (Wildman–Crippen LogP) is 3.44. The normalized spacial score (nSPS) is 18.3. The van der Waals surface area contributed by atoms with E-state index in [1.165, 1.54) is 18.4 Å². The van der Waals surface area contributed by atoms with Crippen LogP contribution in [0.2, 0.25) is 0 Å². The van der Waals surface area contributed by atoms with Crippen molar-refractivity contribution >= 4 is 0 Å². The summed E-state index contributed by atoms with van der Waals surface area (Å²) >= 11 is 0. The molecule has 0 bridgehead atoms. The van der Waals surface area contributed by atoms with Crippen molar-refractivity contribution in [2.45, 2.75) is 44.7 Å². The topological polar surface area (TPSA) is 12.0 Å². The Balaban J connectivity index is 2.10. The van der Waals surface area contributed by atoms with Crippen molar-refractivity contribution in [2.75, 3.05) is 13.1 Å². The van der Waals surface area contributed by atoms with E-state index in [-0.39, 0.29) is 0 Å². The van der Waals surface area contributed by atoms with E-state index in [0.29, 0.717) is 12.3 Å². The molecule has 94 valence electrons. The molecule has 0 unspecified atom stereocenters. The molecule has 2 heteroatoms. The van der Waals surface area contributed by atoms with E-state index in [1.54, 1.807) is 13.8 Å². The average Bonchev–Trinajstić information content (AvgIpc) is 2.28. The molecule has 0 saturated carbocycles. The lowest BCUT2D eigenvalue weighted by Gasteiger charge is -2.24. The molecule has 0 spiro atoms. The lowest BCUT2D eigenvalue weighted by molar-refractivity contribution is 0.217. The number of rotatable bonds is 3. The van der Waals surface area contributed by atoms with E-state index in [2.05, 4.69) is 23.5 Å². The summed E-state index contributed by atoms with van der Waals surface area (Å²) in [5, 5.41) is 3.38. The van der Waals surface area contributed by atoms with Crippen LogP contribution in [0.4, 0.5) is 4.39 Å². The molecule has 1 N–H and O–H groups in total. The van der Waals surface area contributed by atoms with E-state index >= 15 is 0 Å². The van der Waals surface area contributed by atoms with Crippen LogP contribution in [0.1, 0.15) is 43.7 Å². The van der Waals surface area contributed by atoms with Crippen LogP contribution >= 0.6 is 0 Å². The van der Waals surface area contributed by atoms with Crippen molar-refractivity contribution in [1.82, 2.24) is 5.32 Å². The Labute approximate surface area is 103 Å². The first kappa shape index (κ1) is 12.6. The first-order valence-electron chi connectivity index (χ1n) is 6.53. The number of hydrogen-bond donors (Lipinski definition) is 1. The molecule has 0 amide bonds. The first-order valence-corrected chi connectivity index (χ1v) is 6.53. The van der Waals surface area contributed by atoms with Crippen LogP contribution in [0.25, 0.3) is 0 Å². The molecule has 17 heavy (non-hydrogen) atoms. The number of hydrogen-bond acceptors (Lipinski definition) is 1. The van der Waals surface area contributed by atoms with Gasteiger partial charge in [-0.1, -0.05) is 24.3 Å². The molecule has 1 fully saturated rings. The van der Waals surface area contributed by atoms with Gasteiger partial charge in [-0.05, 0) is 56.8 Å². The zero-order chi connectivity index (χ0) is 12.3. The van der Waals surface area contributed by atoms with E-state index in [0.717, 1.165) is 18.7 Å². The van der Waals surface area contributed by atoms with Gasteiger partial charge in [0.1, 0.15) is 5.67 Å². The minimum Gasteiger partial charge on any atom is -0.317 e. The monoisotopic (exact) mass is 235 g/mol. The fourth-order valence-electron chi connectivity index (χ4n) is 2.60. The smallest absolute Gasteiger partial charge is 0.109 e. The molecule has 1 aliphatic rings. The second-order valence-electron chi connectivity index (χ2n) is 5.66. The van der Waals surface area contributed by atoms with Crippen molar-refractivity contribution in [3.8, 4) is 0 Å². The highest BCUT2D eigenvalue weighted by molar-refractivity contribution is 5.27. The largest absolute Gasteiger partial charge is 0.317 e. The molecule has 1 aromatic carbocycles. The third kappa shape index (κ3) is 3.81. The quantitative estimate of drug-likeness (QED) is 0.846. The van der Waals surface area contributed by atoms with Crippen molar-refractivity contribution < 1.29 is 4.39 Å². The van der Waals surface area contributed by atoms with Crippen molar-refractivity contribution in [2.24, 2.45) is 0 Å². The van der Waals surface area contributed by atoms with Gasteiger partial charge >= 0.3 is 0 Å². The summed E-state index contributed by atoms with van der Waals surface area (Å²) in [6.07, 6.45) is 2.90. The summed E-state index contributed by atoms with van der Waals surface area (Å²) in [6, 6.07) is 8.48. The first-order chi connectivity index (χ1) is 8.04. The third-order valence-electron chi connectivity index (χ3n) is 3.39. The number of piperidine rings is 1. The molecular formula is C15H22FN. The SMILES string of the molecule is CC(C)(F)Cc1cccc(C2CCNCC2)c1. The van der Waals surface area contributed by atoms with E-state index in [1.807, 2.05) is 6.07 Å². The van der Waals surface area contributed by atoms with Crippen molar-refractivity contribution in [1.29, 1.82) is 0 Å². The molecule has 0 aliphatic carbocycles. The van der Waals surface area contributed by atoms with Crippen LogP contribution in [0.5, 0.6) is 0 Å². The Hall–Kier alpha value is -0.890. The standard InChI is InChI=1S/C15H22FN/c1-15(2,16)11-12-4-3-5-14(10-12)13-6-8-17-9-7-13/h3-5,10,13,17H,6-9,11H2,1-2H3. The number of alkyl halides is 1. The minimum atomic E-state index is -1.12. The molecule has 1 saturated heterocycles. The fraction of sp³-hybridized carbons (Fsp3) is 0.600. The Kier molecular flexibility index (Phi) is 3.82. The van der Waals surface area contributed by atoms with Crippen molar-refractivity contribution in [3.05, 3.63) is 35.4 Å². The van der Waals surface area contributed by atoms with Crippen LogP contribution in [-0.2, 0) is 6.42 Å². The highest BCUT2D eigenvalue weighted by atomic mass is 19.1. The van der Waals surface area contributed by atoms with Crippen LogP contribution in [0.15, 0.2) is 24.3 Å². The molecule has 0 atom stereocenters. The second-order valence-corrected chi connectivity index (χ2v) is 5.66. The molecule has 0 aromatic heterocycles. The van der Waals surface area contributed by atoms with Gasteiger partial charge in [0.05, 0.1) is 0 Å². The number of halogens is 1. The zero-order valence-electron chi connectivity index (χ0n) is 10.8. The number of benzene rings is 1. The van der Waals surface area contributed by atoms with E-state index in [4.69, 9.17) is 0 Å². The lowest BCUT2D eigenvalue weighted by Crippen LogP contribution is -2.26. The molecular weight excluding hydrogens is 213 g/mol. The predicted molar refractivity (Wildman–Crippen MR) is 70.2 cm³/mol. The van der Waals surface area contributed by atoms with Crippen LogP contribution < -0.4 is 5.32 Å². The third-order valence-corrected chi connectivity index (χ3v) is 3.39. The zero-order valence-corrected chi connectivity index (χ0v) is 10.8. The maximum Gasteiger partial charge on any atom is 0.109 e. The highest BCUT2D eigenvalue weighted by Crippen LogP contribution is 2.27. The molecule has 1 nitrogen and oxygen atoms in total. The van der Waals surface area contributed by atoms with Gasteiger partial charge in [-0.15, -0.1) is 0 Å². The fourth-order valence-corrected chi connectivity index (χ4v) is 2.60. The molecule has 1 aromatic rings. The van der Waals surface area contributed by atoms with Gasteiger partial charge in [0.25, 0.3) is 0 Å². The van der Waals surface area contributed by atoms with Crippen LogP contribution in [0.3, 0.4) is 0 Å². The van der Waals surface area contributed by atoms with Gasteiger partial charge in [-0.25, -0.2) is 4.39 Å². The lowest BCUT2D eigenvalue weighted by atomic mass is 9.88. The number of nitrogens with one attached hydrogen (secondary N) is 1. The molecule has 1 aliphatic heterocycles. The minimum absolute atomic E-state index is 0.506. The summed E-state index contributed by atoms with van der Waals surface area (Å²) in [6.45, 7) is 5.49. The average molecular weight is 235 g/mol. The Morgan fingerprint density at radius 3 is 2.65 bits per heavy atom. The van der Waals surface area contributed by atoms with Gasteiger partial charge in [0.2, 0.25) is 0 Å². The summed E-state index contributed by atoms with van der Waals surface area (Å²) in [4.78, 5) is 0. The summed E-state index contributed by atoms with van der Waals surface area (Å²) < 4.78 is 13.6. The Morgan fingerprint density at radius 2 is 2.00 bits per heavy atom. The van der Waals surface area contributed by atoms with E-state index in [9.17, 15) is 4.39 Å². The molecule has 1 heterocycles. The van der Waals surface area contributed by atoms with Gasteiger partial charge in [-0.2, -0.15) is 0 Å². The van der Waals surface area contributed by atoms with Gasteiger partial charge in [0.15, 0.2) is 0 Å². The highest BCUT2D eigenvalue weighted by Gasteiger charge is 2.18. The molecule has 2 rings (SSSR count). The van der Waals surface area contributed by atoms with E-state index < -0.39 is 5.67 Å². The van der Waals surface area contributed by atoms with Crippen LogP contribution in [0, 0.1) is 0 Å². The van der Waals surface area contributed by atoms with Gasteiger partial charge in [0, 0.05) is 6.42 Å². The Morgan fingerprint density at radius 1 is 1.29 bits per heavy atom. The maximum atomic E-state index is 13.6. The second kappa shape index (κ2) is 5.18. The van der Waals surface area contributed by atoms with Gasteiger partial charge in [-0.3, -0.25) is 0 Å². The molecule has 0 radical (unpaired) electrons. The van der Waals surface area contributed by atoms with Crippen LogP contribution in [-0.4, -0.2) is 18.8 Å². The Bertz CT molecular complexity index is 361. The summed E-state index contributed by atoms with van der Waals surface area (Å²) in [5.74, 6) is 0.652. The van der Waals surface area contributed by atoms with Crippen molar-refractivity contribution in [3.63, 3.8) is 0 Å². The summed E-state index contributed by atoms with van der Waals surface area (Å²) in [5.41, 5.74) is 1.38.